The lowest BCUT2D eigenvalue weighted by atomic mass is 10.4. The van der Waals surface area contributed by atoms with E-state index in [-0.39, 0.29) is 18.2 Å². The van der Waals surface area contributed by atoms with E-state index in [0.717, 1.165) is 6.07 Å². The molecule has 0 atom stereocenters. The number of aromatic nitrogens is 2. The first kappa shape index (κ1) is 11.3. The van der Waals surface area contributed by atoms with Gasteiger partial charge in [0, 0.05) is 19.2 Å². The van der Waals surface area contributed by atoms with E-state index >= 15 is 0 Å². The van der Waals surface area contributed by atoms with Crippen molar-refractivity contribution in [2.75, 3.05) is 17.7 Å². The van der Waals surface area contributed by atoms with Crippen LogP contribution in [0, 0.1) is 11.6 Å². The molecule has 0 saturated heterocycles. The van der Waals surface area contributed by atoms with Gasteiger partial charge in [-0.05, 0) is 0 Å². The van der Waals surface area contributed by atoms with Gasteiger partial charge in [-0.3, -0.25) is 0 Å². The fraction of sp³-hybridized carbons (Fsp3) is 0.200. The van der Waals surface area contributed by atoms with Crippen LogP contribution in [0.4, 0.5) is 20.4 Å². The van der Waals surface area contributed by atoms with E-state index in [9.17, 15) is 8.78 Å². The van der Waals surface area contributed by atoms with Gasteiger partial charge in [-0.1, -0.05) is 5.16 Å². The molecular weight excluding hydrogens is 230 g/mol. The first-order valence-electron chi connectivity index (χ1n) is 4.88. The Labute approximate surface area is 95.8 Å². The molecule has 7 heteroatoms. The second kappa shape index (κ2) is 4.77. The molecule has 0 radical (unpaired) electrons. The van der Waals surface area contributed by atoms with Crippen molar-refractivity contribution in [2.45, 2.75) is 6.54 Å². The molecule has 2 aromatic rings. The van der Waals surface area contributed by atoms with Crippen molar-refractivity contribution in [2.24, 2.45) is 0 Å². The molecule has 0 fully saturated rings. The Morgan fingerprint density at radius 1 is 1.29 bits per heavy atom. The zero-order valence-electron chi connectivity index (χ0n) is 9.00. The molecule has 0 spiro atoms. The Bertz CT molecular complexity index is 501. The summed E-state index contributed by atoms with van der Waals surface area (Å²) in [5.74, 6) is -1.05. The van der Waals surface area contributed by atoms with Gasteiger partial charge in [0.2, 0.25) is 0 Å². The molecule has 0 aliphatic rings. The highest BCUT2D eigenvalue weighted by Gasteiger charge is 2.11. The Hall–Kier alpha value is -2.18. The Kier molecular flexibility index (Phi) is 3.17. The SMILES string of the molecule is CNc1nc(NCc2ccno2)c(F)cc1F. The minimum absolute atomic E-state index is 0.0218. The van der Waals surface area contributed by atoms with Gasteiger partial charge in [0.25, 0.3) is 0 Å². The van der Waals surface area contributed by atoms with Crippen LogP contribution in [-0.4, -0.2) is 17.2 Å². The maximum Gasteiger partial charge on any atom is 0.168 e. The van der Waals surface area contributed by atoms with E-state index < -0.39 is 11.6 Å². The lowest BCUT2D eigenvalue weighted by Gasteiger charge is -2.07. The molecule has 0 aliphatic carbocycles. The van der Waals surface area contributed by atoms with Crippen LogP contribution in [0.2, 0.25) is 0 Å². The maximum absolute atomic E-state index is 13.4. The number of halogens is 2. The van der Waals surface area contributed by atoms with Crippen molar-refractivity contribution < 1.29 is 13.3 Å². The third-order valence-corrected chi connectivity index (χ3v) is 2.09. The molecule has 0 aliphatic heterocycles. The van der Waals surface area contributed by atoms with Crippen molar-refractivity contribution in [3.8, 4) is 0 Å². The lowest BCUT2D eigenvalue weighted by Crippen LogP contribution is -2.06. The second-order valence-electron chi connectivity index (χ2n) is 3.23. The fourth-order valence-electron chi connectivity index (χ4n) is 1.27. The van der Waals surface area contributed by atoms with Crippen LogP contribution in [0.5, 0.6) is 0 Å². The minimum atomic E-state index is -0.763. The summed E-state index contributed by atoms with van der Waals surface area (Å²) in [7, 11) is 1.50. The summed E-state index contributed by atoms with van der Waals surface area (Å²) in [4.78, 5) is 3.76. The van der Waals surface area contributed by atoms with Crippen LogP contribution in [-0.2, 0) is 6.54 Å². The number of nitrogens with zero attached hydrogens (tertiary/aromatic N) is 2. The monoisotopic (exact) mass is 240 g/mol. The second-order valence-corrected chi connectivity index (χ2v) is 3.23. The molecular formula is C10H10F2N4O. The van der Waals surface area contributed by atoms with Gasteiger partial charge in [0.15, 0.2) is 29.0 Å². The number of pyridine rings is 1. The molecule has 0 saturated carbocycles. The smallest absolute Gasteiger partial charge is 0.168 e. The number of rotatable bonds is 4. The van der Waals surface area contributed by atoms with E-state index in [0.29, 0.717) is 5.76 Å². The molecule has 2 rings (SSSR count). The summed E-state index contributed by atoms with van der Waals surface area (Å²) in [5, 5.41) is 8.72. The highest BCUT2D eigenvalue weighted by atomic mass is 19.1. The number of hydrogen-bond donors (Lipinski definition) is 2. The van der Waals surface area contributed by atoms with Crippen molar-refractivity contribution >= 4 is 11.6 Å². The van der Waals surface area contributed by atoms with Crippen molar-refractivity contribution in [1.29, 1.82) is 0 Å². The van der Waals surface area contributed by atoms with Crippen LogP contribution in [0.1, 0.15) is 5.76 Å². The van der Waals surface area contributed by atoms with E-state index in [1.54, 1.807) is 6.07 Å². The molecule has 5 nitrogen and oxygen atoms in total. The Balaban J connectivity index is 2.15. The molecule has 2 aromatic heterocycles. The maximum atomic E-state index is 13.4. The predicted octanol–water partition coefficient (Wildman–Crippen LogP) is 2.00. The average Bonchev–Trinajstić information content (AvgIpc) is 2.81. The molecule has 0 bridgehead atoms. The number of hydrogen-bond acceptors (Lipinski definition) is 5. The molecule has 90 valence electrons. The molecule has 2 heterocycles. The third kappa shape index (κ3) is 2.49. The lowest BCUT2D eigenvalue weighted by molar-refractivity contribution is 0.387. The summed E-state index contributed by atoms with van der Waals surface area (Å²) in [5.41, 5.74) is 0. The van der Waals surface area contributed by atoms with Gasteiger partial charge in [-0.15, -0.1) is 0 Å². The van der Waals surface area contributed by atoms with Crippen molar-refractivity contribution in [1.82, 2.24) is 10.1 Å². The molecule has 17 heavy (non-hydrogen) atoms. The molecule has 0 aromatic carbocycles. The molecule has 0 unspecified atom stereocenters. The summed E-state index contributed by atoms with van der Waals surface area (Å²) in [6.45, 7) is 0.221. The van der Waals surface area contributed by atoms with Gasteiger partial charge in [0.1, 0.15) is 0 Å². The van der Waals surface area contributed by atoms with Crippen LogP contribution in [0.3, 0.4) is 0 Å². The third-order valence-electron chi connectivity index (χ3n) is 2.09. The van der Waals surface area contributed by atoms with Gasteiger partial charge in [-0.25, -0.2) is 13.8 Å². The van der Waals surface area contributed by atoms with Gasteiger partial charge in [-0.2, -0.15) is 0 Å². The van der Waals surface area contributed by atoms with Crippen molar-refractivity contribution in [3.05, 3.63) is 35.7 Å². The van der Waals surface area contributed by atoms with E-state index in [4.69, 9.17) is 4.52 Å². The van der Waals surface area contributed by atoms with Crippen LogP contribution in [0.25, 0.3) is 0 Å². The fourth-order valence-corrected chi connectivity index (χ4v) is 1.27. The normalized spacial score (nSPS) is 10.3. The van der Waals surface area contributed by atoms with E-state index in [1.807, 2.05) is 0 Å². The largest absolute Gasteiger partial charge is 0.371 e. The average molecular weight is 240 g/mol. The quantitative estimate of drug-likeness (QED) is 0.855. The Morgan fingerprint density at radius 3 is 2.71 bits per heavy atom. The van der Waals surface area contributed by atoms with Crippen LogP contribution < -0.4 is 10.6 Å². The van der Waals surface area contributed by atoms with E-state index in [2.05, 4.69) is 20.8 Å². The molecule has 2 N–H and O–H groups in total. The Morgan fingerprint density at radius 2 is 2.06 bits per heavy atom. The minimum Gasteiger partial charge on any atom is -0.371 e. The number of anilines is 2. The van der Waals surface area contributed by atoms with Gasteiger partial charge in [0.05, 0.1) is 12.7 Å². The zero-order valence-corrected chi connectivity index (χ0v) is 9.00. The summed E-state index contributed by atoms with van der Waals surface area (Å²) in [6.07, 6.45) is 1.48. The zero-order chi connectivity index (χ0) is 12.3. The van der Waals surface area contributed by atoms with Crippen LogP contribution in [0.15, 0.2) is 22.9 Å². The first-order valence-corrected chi connectivity index (χ1v) is 4.88. The highest BCUT2D eigenvalue weighted by molar-refractivity contribution is 5.47. The predicted molar refractivity (Wildman–Crippen MR) is 57.5 cm³/mol. The molecule has 0 amide bonds. The summed E-state index contributed by atoms with van der Waals surface area (Å²) >= 11 is 0. The van der Waals surface area contributed by atoms with Gasteiger partial charge >= 0.3 is 0 Å². The topological polar surface area (TPSA) is 63.0 Å². The summed E-state index contributed by atoms with van der Waals surface area (Å²) in [6, 6.07) is 2.40. The van der Waals surface area contributed by atoms with Crippen molar-refractivity contribution in [3.63, 3.8) is 0 Å². The number of nitrogens with one attached hydrogen (secondary N) is 2. The van der Waals surface area contributed by atoms with Gasteiger partial charge < -0.3 is 15.2 Å². The standard InChI is InChI=1S/C10H10F2N4O/c1-13-9-7(11)4-8(12)10(16-9)14-5-6-2-3-15-17-6/h2-4H,5H2,1H3,(H2,13,14,16). The van der Waals surface area contributed by atoms with E-state index in [1.165, 1.54) is 13.2 Å². The van der Waals surface area contributed by atoms with Crippen LogP contribution >= 0.6 is 0 Å². The first-order chi connectivity index (χ1) is 8.20. The summed E-state index contributed by atoms with van der Waals surface area (Å²) < 4.78 is 31.3. The highest BCUT2D eigenvalue weighted by Crippen LogP contribution is 2.18.